The van der Waals surface area contributed by atoms with E-state index in [-0.39, 0.29) is 11.7 Å². The topological polar surface area (TPSA) is 75.7 Å². The Morgan fingerprint density at radius 2 is 1.84 bits per heavy atom. The molecule has 0 aromatic heterocycles. The Morgan fingerprint density at radius 1 is 1.16 bits per heavy atom. The predicted molar refractivity (Wildman–Crippen MR) is 98.5 cm³/mol. The van der Waals surface area contributed by atoms with E-state index >= 15 is 0 Å². The first-order valence-corrected chi connectivity index (χ1v) is 9.46. The largest absolute Gasteiger partial charge is 0.497 e. The van der Waals surface area contributed by atoms with Crippen LogP contribution < -0.4 is 14.4 Å². The maximum Gasteiger partial charge on any atom is 0.251 e. The summed E-state index contributed by atoms with van der Waals surface area (Å²) in [5.41, 5.74) is 1.92. The molecule has 2 aromatic carbocycles. The molecule has 0 fully saturated rings. The number of sulfonamides is 1. The van der Waals surface area contributed by atoms with Crippen LogP contribution in [0.4, 0.5) is 5.69 Å². The van der Waals surface area contributed by atoms with E-state index < -0.39 is 10.0 Å². The van der Waals surface area contributed by atoms with Gasteiger partial charge in [0.15, 0.2) is 0 Å². The molecule has 0 aliphatic carbocycles. The minimum atomic E-state index is -3.32. The van der Waals surface area contributed by atoms with Gasteiger partial charge in [0.2, 0.25) is 10.0 Å². The van der Waals surface area contributed by atoms with Crippen LogP contribution in [0, 0.1) is 0 Å². The Bertz CT molecular complexity index is 832. The second-order valence-electron chi connectivity index (χ2n) is 5.45. The third-order valence-corrected chi connectivity index (χ3v) is 5.64. The van der Waals surface area contributed by atoms with Crippen LogP contribution in [0.3, 0.4) is 0 Å². The van der Waals surface area contributed by atoms with Gasteiger partial charge in [-0.25, -0.2) is 8.42 Å². The zero-order valence-corrected chi connectivity index (χ0v) is 15.3. The third-order valence-electron chi connectivity index (χ3n) is 3.86. The summed E-state index contributed by atoms with van der Waals surface area (Å²) in [6.07, 6.45) is 0. The summed E-state index contributed by atoms with van der Waals surface area (Å²) in [5, 5.41) is 2.83. The van der Waals surface area contributed by atoms with Crippen molar-refractivity contribution in [3.63, 3.8) is 0 Å². The van der Waals surface area contributed by atoms with Crippen molar-refractivity contribution in [2.24, 2.45) is 0 Å². The molecule has 134 valence electrons. The molecule has 0 heterocycles. The first-order valence-electron chi connectivity index (χ1n) is 7.85. The van der Waals surface area contributed by atoms with Crippen molar-refractivity contribution in [3.8, 4) is 5.75 Å². The lowest BCUT2D eigenvalue weighted by Gasteiger charge is -2.18. The lowest BCUT2D eigenvalue weighted by Crippen LogP contribution is -2.28. The van der Waals surface area contributed by atoms with Gasteiger partial charge in [-0.1, -0.05) is 12.1 Å². The fourth-order valence-electron chi connectivity index (χ4n) is 2.24. The molecule has 1 N–H and O–H groups in total. The Labute approximate surface area is 148 Å². The number of hydrogen-bond acceptors (Lipinski definition) is 4. The van der Waals surface area contributed by atoms with Crippen molar-refractivity contribution in [3.05, 3.63) is 59.7 Å². The summed E-state index contributed by atoms with van der Waals surface area (Å²) in [6.45, 7) is 1.97. The van der Waals surface area contributed by atoms with Crippen LogP contribution in [0.15, 0.2) is 48.5 Å². The summed E-state index contributed by atoms with van der Waals surface area (Å²) in [7, 11) is -0.227. The zero-order valence-electron chi connectivity index (χ0n) is 14.5. The molecule has 7 heteroatoms. The van der Waals surface area contributed by atoms with E-state index in [9.17, 15) is 13.2 Å². The van der Waals surface area contributed by atoms with Gasteiger partial charge in [0.25, 0.3) is 5.91 Å². The average molecular weight is 362 g/mol. The van der Waals surface area contributed by atoms with E-state index in [2.05, 4.69) is 5.32 Å². The molecule has 1 amide bonds. The average Bonchev–Trinajstić information content (AvgIpc) is 2.65. The van der Waals surface area contributed by atoms with Crippen molar-refractivity contribution in [2.45, 2.75) is 13.5 Å². The molecule has 0 spiro atoms. The number of ether oxygens (including phenoxy) is 1. The summed E-state index contributed by atoms with van der Waals surface area (Å²) < 4.78 is 30.1. The van der Waals surface area contributed by atoms with Crippen LogP contribution in [0.5, 0.6) is 5.75 Å². The van der Waals surface area contributed by atoms with Crippen LogP contribution >= 0.6 is 0 Å². The van der Waals surface area contributed by atoms with E-state index in [1.807, 2.05) is 24.3 Å². The highest BCUT2D eigenvalue weighted by Gasteiger charge is 2.16. The number of carbonyl (C=O) groups is 1. The molecule has 2 rings (SSSR count). The maximum absolute atomic E-state index is 12.2. The summed E-state index contributed by atoms with van der Waals surface area (Å²) in [5.74, 6) is 0.526. The number of hydrogen-bond donors (Lipinski definition) is 1. The lowest BCUT2D eigenvalue weighted by atomic mass is 10.1. The van der Waals surface area contributed by atoms with Crippen LogP contribution in [-0.2, 0) is 16.6 Å². The molecule has 25 heavy (non-hydrogen) atoms. The number of methoxy groups -OCH3 is 1. The van der Waals surface area contributed by atoms with Gasteiger partial charge in [0, 0.05) is 19.2 Å². The van der Waals surface area contributed by atoms with Crippen LogP contribution in [0.25, 0.3) is 0 Å². The number of nitrogens with zero attached hydrogens (tertiary/aromatic N) is 1. The van der Waals surface area contributed by atoms with E-state index in [1.165, 1.54) is 11.4 Å². The van der Waals surface area contributed by atoms with E-state index in [0.29, 0.717) is 17.8 Å². The highest BCUT2D eigenvalue weighted by atomic mass is 32.2. The first kappa shape index (κ1) is 18.8. The fraction of sp³-hybridized carbons (Fsp3) is 0.278. The quantitative estimate of drug-likeness (QED) is 0.821. The molecular formula is C18H22N2O4S. The Hall–Kier alpha value is -2.54. The number of carbonyl (C=O) groups excluding carboxylic acids is 1. The highest BCUT2D eigenvalue weighted by Crippen LogP contribution is 2.17. The van der Waals surface area contributed by atoms with E-state index in [4.69, 9.17) is 4.74 Å². The third kappa shape index (κ3) is 4.73. The Kier molecular flexibility index (Phi) is 6.03. The van der Waals surface area contributed by atoms with Crippen LogP contribution in [0.2, 0.25) is 0 Å². The minimum absolute atomic E-state index is 0.0201. The first-order chi connectivity index (χ1) is 11.9. The van der Waals surface area contributed by atoms with Gasteiger partial charge in [0.05, 0.1) is 18.6 Å². The van der Waals surface area contributed by atoms with Crippen molar-refractivity contribution in [1.29, 1.82) is 0 Å². The normalized spacial score (nSPS) is 11.0. The molecular weight excluding hydrogens is 340 g/mol. The molecule has 0 saturated carbocycles. The summed E-state index contributed by atoms with van der Waals surface area (Å²) in [6, 6.07) is 13.9. The highest BCUT2D eigenvalue weighted by molar-refractivity contribution is 7.92. The molecule has 0 aliphatic rings. The second-order valence-corrected chi connectivity index (χ2v) is 7.74. The maximum atomic E-state index is 12.2. The predicted octanol–water partition coefficient (Wildman–Crippen LogP) is 2.41. The number of rotatable bonds is 7. The van der Waals surface area contributed by atoms with Gasteiger partial charge in [-0.15, -0.1) is 0 Å². The fourth-order valence-corrected chi connectivity index (χ4v) is 3.07. The molecule has 0 unspecified atom stereocenters. The zero-order chi connectivity index (χ0) is 18.4. The van der Waals surface area contributed by atoms with Crippen molar-refractivity contribution < 1.29 is 17.9 Å². The summed E-state index contributed by atoms with van der Waals surface area (Å²) in [4.78, 5) is 12.2. The van der Waals surface area contributed by atoms with Gasteiger partial charge in [-0.2, -0.15) is 0 Å². The lowest BCUT2D eigenvalue weighted by molar-refractivity contribution is 0.0951. The van der Waals surface area contributed by atoms with Crippen molar-refractivity contribution >= 4 is 21.6 Å². The number of benzene rings is 2. The van der Waals surface area contributed by atoms with E-state index in [1.54, 1.807) is 38.3 Å². The molecule has 0 bridgehead atoms. The van der Waals surface area contributed by atoms with Crippen LogP contribution in [0.1, 0.15) is 22.8 Å². The molecule has 0 aliphatic heterocycles. The van der Waals surface area contributed by atoms with E-state index in [0.717, 1.165) is 11.3 Å². The standard InChI is InChI=1S/C18H22N2O4S/c1-4-25(22,23)20(2)16-10-8-15(9-11-16)18(21)19-13-14-6-5-7-17(12-14)24-3/h5-12H,4,13H2,1-3H3,(H,19,21). The van der Waals surface area contributed by atoms with Gasteiger partial charge in [-0.3, -0.25) is 9.10 Å². The second kappa shape index (κ2) is 8.02. The molecule has 2 aromatic rings. The molecule has 0 saturated heterocycles. The number of amides is 1. The Morgan fingerprint density at radius 3 is 2.44 bits per heavy atom. The number of nitrogens with one attached hydrogen (secondary N) is 1. The van der Waals surface area contributed by atoms with Gasteiger partial charge in [0.1, 0.15) is 5.75 Å². The number of anilines is 1. The van der Waals surface area contributed by atoms with Gasteiger partial charge >= 0.3 is 0 Å². The molecule has 0 atom stereocenters. The van der Waals surface area contributed by atoms with Crippen LogP contribution in [-0.4, -0.2) is 34.2 Å². The van der Waals surface area contributed by atoms with Gasteiger partial charge in [-0.05, 0) is 48.9 Å². The summed E-state index contributed by atoms with van der Waals surface area (Å²) >= 11 is 0. The Balaban J connectivity index is 2.03. The minimum Gasteiger partial charge on any atom is -0.497 e. The molecule has 6 nitrogen and oxygen atoms in total. The van der Waals surface area contributed by atoms with Crippen molar-refractivity contribution in [1.82, 2.24) is 5.32 Å². The smallest absolute Gasteiger partial charge is 0.251 e. The monoisotopic (exact) mass is 362 g/mol. The SMILES string of the molecule is CCS(=O)(=O)N(C)c1ccc(C(=O)NCc2cccc(OC)c2)cc1. The van der Waals surface area contributed by atoms with Crippen molar-refractivity contribution in [2.75, 3.05) is 24.2 Å². The van der Waals surface area contributed by atoms with Gasteiger partial charge < -0.3 is 10.1 Å². The molecule has 0 radical (unpaired) electrons.